The molecule has 1 saturated carbocycles. The normalized spacial score (nSPS) is 13.9. The zero-order valence-electron chi connectivity index (χ0n) is 18.0. The van der Waals surface area contributed by atoms with E-state index in [1.165, 1.54) is 12.8 Å². The van der Waals surface area contributed by atoms with Gasteiger partial charge in [0.2, 0.25) is 5.95 Å². The lowest BCUT2D eigenvalue weighted by Gasteiger charge is -2.15. The predicted molar refractivity (Wildman–Crippen MR) is 123 cm³/mol. The Morgan fingerprint density at radius 3 is 2.81 bits per heavy atom. The largest absolute Gasteiger partial charge is 0.496 e. The van der Waals surface area contributed by atoms with Crippen LogP contribution in [0.5, 0.6) is 5.75 Å². The van der Waals surface area contributed by atoms with Gasteiger partial charge in [0.05, 0.1) is 24.3 Å². The van der Waals surface area contributed by atoms with Crippen molar-refractivity contribution in [3.05, 3.63) is 42.4 Å². The number of nitrogens with one attached hydrogen (secondary N) is 3. The van der Waals surface area contributed by atoms with Crippen LogP contribution < -0.4 is 15.4 Å². The second-order valence-electron chi connectivity index (χ2n) is 8.00. The zero-order valence-corrected chi connectivity index (χ0v) is 18.0. The molecule has 162 valence electrons. The molecule has 5 rings (SSSR count). The molecule has 0 amide bonds. The molecule has 1 aromatic carbocycles. The first-order chi connectivity index (χ1) is 15.6. The Bertz CT molecular complexity index is 1310. The minimum absolute atomic E-state index is 0.362. The summed E-state index contributed by atoms with van der Waals surface area (Å²) in [7, 11) is 3.53. The second-order valence-corrected chi connectivity index (χ2v) is 8.00. The zero-order chi connectivity index (χ0) is 22.1. The SMILES string of the molecule is COc1cc(Nc2nc(NC3CCCC3)c3c(C#N)c[nH]c3n2)ccc1-c1cnn(C)c1. The fourth-order valence-electron chi connectivity index (χ4n) is 4.24. The second kappa shape index (κ2) is 8.23. The lowest BCUT2D eigenvalue weighted by atomic mass is 10.1. The van der Waals surface area contributed by atoms with Gasteiger partial charge in [0, 0.05) is 48.4 Å². The van der Waals surface area contributed by atoms with Crippen molar-refractivity contribution < 1.29 is 4.74 Å². The third-order valence-corrected chi connectivity index (χ3v) is 5.82. The van der Waals surface area contributed by atoms with E-state index in [9.17, 15) is 5.26 Å². The van der Waals surface area contributed by atoms with Gasteiger partial charge in [0.15, 0.2) is 0 Å². The highest BCUT2D eigenvalue weighted by atomic mass is 16.5. The van der Waals surface area contributed by atoms with E-state index in [-0.39, 0.29) is 0 Å². The third kappa shape index (κ3) is 3.71. The first kappa shape index (κ1) is 19.9. The van der Waals surface area contributed by atoms with E-state index in [1.54, 1.807) is 24.2 Å². The number of rotatable bonds is 6. The molecule has 0 atom stereocenters. The van der Waals surface area contributed by atoms with E-state index in [4.69, 9.17) is 9.72 Å². The van der Waals surface area contributed by atoms with Gasteiger partial charge in [-0.1, -0.05) is 12.8 Å². The number of fused-ring (bicyclic) bond motifs is 1. The molecule has 1 aliphatic rings. The molecule has 0 aliphatic heterocycles. The van der Waals surface area contributed by atoms with Crippen LogP contribution in [0.4, 0.5) is 17.5 Å². The summed E-state index contributed by atoms with van der Waals surface area (Å²) in [5.74, 6) is 1.85. The average molecular weight is 429 g/mol. The van der Waals surface area contributed by atoms with Gasteiger partial charge in [0.1, 0.15) is 23.3 Å². The number of H-pyrrole nitrogens is 1. The molecule has 0 saturated heterocycles. The fraction of sp³-hybridized carbons (Fsp3) is 0.304. The van der Waals surface area contributed by atoms with Crippen LogP contribution in [-0.4, -0.2) is 37.9 Å². The summed E-state index contributed by atoms with van der Waals surface area (Å²) in [4.78, 5) is 12.4. The van der Waals surface area contributed by atoms with Crippen molar-refractivity contribution >= 4 is 28.5 Å². The fourth-order valence-corrected chi connectivity index (χ4v) is 4.24. The number of hydrogen-bond acceptors (Lipinski definition) is 7. The first-order valence-electron chi connectivity index (χ1n) is 10.6. The Kier molecular flexibility index (Phi) is 5.11. The lowest BCUT2D eigenvalue weighted by Crippen LogP contribution is -2.16. The Labute approximate surface area is 185 Å². The van der Waals surface area contributed by atoms with Gasteiger partial charge in [-0.3, -0.25) is 4.68 Å². The van der Waals surface area contributed by atoms with E-state index < -0.39 is 0 Å². The van der Waals surface area contributed by atoms with Crippen molar-refractivity contribution in [1.29, 1.82) is 5.26 Å². The number of methoxy groups -OCH3 is 1. The van der Waals surface area contributed by atoms with Gasteiger partial charge in [-0.25, -0.2) is 0 Å². The summed E-state index contributed by atoms with van der Waals surface area (Å²) in [6.45, 7) is 0. The summed E-state index contributed by atoms with van der Waals surface area (Å²) in [5, 5.41) is 21.3. The van der Waals surface area contributed by atoms with Crippen LogP contribution in [-0.2, 0) is 7.05 Å². The topological polar surface area (TPSA) is 116 Å². The third-order valence-electron chi connectivity index (χ3n) is 5.82. The number of anilines is 3. The monoisotopic (exact) mass is 428 g/mol. The lowest BCUT2D eigenvalue weighted by molar-refractivity contribution is 0.416. The van der Waals surface area contributed by atoms with E-state index in [1.807, 2.05) is 31.4 Å². The standard InChI is InChI=1S/C23H24N8O/c1-31-13-15(12-26-31)18-8-7-17(9-19(18)32-2)28-23-29-21-20(14(10-24)11-25-21)22(30-23)27-16-5-3-4-6-16/h7-9,11-13,16H,3-6H2,1-2H3,(H3,25,27,28,29,30). The van der Waals surface area contributed by atoms with Gasteiger partial charge in [0.25, 0.3) is 0 Å². The van der Waals surface area contributed by atoms with Crippen molar-refractivity contribution in [3.63, 3.8) is 0 Å². The molecule has 32 heavy (non-hydrogen) atoms. The minimum Gasteiger partial charge on any atom is -0.496 e. The number of aromatic nitrogens is 5. The predicted octanol–water partition coefficient (Wildman–Crippen LogP) is 4.34. The molecule has 9 nitrogen and oxygen atoms in total. The van der Waals surface area contributed by atoms with Crippen LogP contribution in [0.25, 0.3) is 22.2 Å². The number of ether oxygens (including phenoxy) is 1. The Morgan fingerprint density at radius 1 is 1.25 bits per heavy atom. The first-order valence-corrected chi connectivity index (χ1v) is 10.6. The number of nitriles is 1. The smallest absolute Gasteiger partial charge is 0.231 e. The van der Waals surface area contributed by atoms with Gasteiger partial charge >= 0.3 is 0 Å². The Balaban J connectivity index is 1.49. The van der Waals surface area contributed by atoms with Crippen molar-refractivity contribution in [2.75, 3.05) is 17.7 Å². The number of aryl methyl sites for hydroxylation is 1. The van der Waals surface area contributed by atoms with E-state index >= 15 is 0 Å². The molecule has 1 fully saturated rings. The highest BCUT2D eigenvalue weighted by Gasteiger charge is 2.20. The van der Waals surface area contributed by atoms with Crippen molar-refractivity contribution in [3.8, 4) is 22.9 Å². The molecule has 3 aromatic heterocycles. The van der Waals surface area contributed by atoms with E-state index in [2.05, 4.69) is 31.8 Å². The molecular weight excluding hydrogens is 404 g/mol. The molecule has 0 unspecified atom stereocenters. The maximum Gasteiger partial charge on any atom is 0.231 e. The molecule has 0 spiro atoms. The molecule has 4 aromatic rings. The molecule has 0 bridgehead atoms. The Morgan fingerprint density at radius 2 is 2.09 bits per heavy atom. The van der Waals surface area contributed by atoms with Crippen LogP contribution >= 0.6 is 0 Å². The van der Waals surface area contributed by atoms with Crippen molar-refractivity contribution in [1.82, 2.24) is 24.7 Å². The van der Waals surface area contributed by atoms with Crippen LogP contribution in [0.1, 0.15) is 31.2 Å². The van der Waals surface area contributed by atoms with E-state index in [0.717, 1.165) is 40.8 Å². The summed E-state index contributed by atoms with van der Waals surface area (Å²) in [5.41, 5.74) is 3.89. The highest BCUT2D eigenvalue weighted by molar-refractivity contribution is 5.93. The molecule has 3 heterocycles. The summed E-state index contributed by atoms with van der Waals surface area (Å²) < 4.78 is 7.37. The van der Waals surface area contributed by atoms with Crippen LogP contribution in [0.2, 0.25) is 0 Å². The average Bonchev–Trinajstić information content (AvgIpc) is 3.55. The minimum atomic E-state index is 0.362. The van der Waals surface area contributed by atoms with Crippen molar-refractivity contribution in [2.24, 2.45) is 7.05 Å². The van der Waals surface area contributed by atoms with Gasteiger partial charge < -0.3 is 20.4 Å². The number of benzene rings is 1. The molecule has 9 heteroatoms. The van der Waals surface area contributed by atoms with E-state index in [0.29, 0.717) is 29.0 Å². The number of aromatic amines is 1. The van der Waals surface area contributed by atoms with Crippen LogP contribution in [0, 0.1) is 11.3 Å². The quantitative estimate of drug-likeness (QED) is 0.418. The maximum atomic E-state index is 9.50. The summed E-state index contributed by atoms with van der Waals surface area (Å²) >= 11 is 0. The molecule has 1 aliphatic carbocycles. The van der Waals surface area contributed by atoms with Crippen LogP contribution in [0.3, 0.4) is 0 Å². The summed E-state index contributed by atoms with van der Waals surface area (Å²) in [6.07, 6.45) is 10.1. The van der Waals surface area contributed by atoms with Gasteiger partial charge in [-0.15, -0.1) is 0 Å². The van der Waals surface area contributed by atoms with Gasteiger partial charge in [-0.2, -0.15) is 20.3 Å². The van der Waals surface area contributed by atoms with Crippen molar-refractivity contribution in [2.45, 2.75) is 31.7 Å². The number of hydrogen-bond donors (Lipinski definition) is 3. The molecular formula is C23H24N8O. The number of nitrogens with zero attached hydrogens (tertiary/aromatic N) is 5. The summed E-state index contributed by atoms with van der Waals surface area (Å²) in [6, 6.07) is 8.44. The maximum absolute atomic E-state index is 9.50. The molecule has 3 N–H and O–H groups in total. The van der Waals surface area contributed by atoms with Gasteiger partial charge in [-0.05, 0) is 25.0 Å². The molecule has 0 radical (unpaired) electrons. The van der Waals surface area contributed by atoms with Crippen LogP contribution in [0.15, 0.2) is 36.8 Å². The Hall–Kier alpha value is -4.06. The highest BCUT2D eigenvalue weighted by Crippen LogP contribution is 2.34.